The third kappa shape index (κ3) is 2.38. The zero-order valence-electron chi connectivity index (χ0n) is 9.46. The lowest BCUT2D eigenvalue weighted by Crippen LogP contribution is -2.56. The van der Waals surface area contributed by atoms with E-state index in [1.54, 1.807) is 0 Å². The summed E-state index contributed by atoms with van der Waals surface area (Å²) >= 11 is 0. The molecule has 2 saturated heterocycles. The second kappa shape index (κ2) is 5.05. The van der Waals surface area contributed by atoms with Gasteiger partial charge in [-0.1, -0.05) is 6.92 Å². The molecule has 2 N–H and O–H groups in total. The lowest BCUT2D eigenvalue weighted by atomic mass is 10.0. The van der Waals surface area contributed by atoms with Gasteiger partial charge in [-0.2, -0.15) is 0 Å². The first-order valence-corrected chi connectivity index (χ1v) is 6.05. The van der Waals surface area contributed by atoms with E-state index in [4.69, 9.17) is 0 Å². The summed E-state index contributed by atoms with van der Waals surface area (Å²) in [6.07, 6.45) is 2.22. The largest absolute Gasteiger partial charge is 0.313 e. The van der Waals surface area contributed by atoms with Gasteiger partial charge in [0.2, 0.25) is 0 Å². The van der Waals surface area contributed by atoms with Crippen LogP contribution in [0.15, 0.2) is 0 Å². The van der Waals surface area contributed by atoms with Crippen LogP contribution in [0.25, 0.3) is 0 Å². The first-order chi connectivity index (χ1) is 7.33. The highest BCUT2D eigenvalue weighted by Gasteiger charge is 2.34. The zero-order valence-corrected chi connectivity index (χ0v) is 9.46. The van der Waals surface area contributed by atoms with Crippen LogP contribution in [0.2, 0.25) is 0 Å². The standard InChI is InChI=1S/C11H21N3O/c1-2-14-7-3-4-10(14)11(15)9-8-12-5-6-13-9/h9-10,12-13H,2-8H2,1H3/t9?,10-/m0/s1. The Morgan fingerprint density at radius 1 is 1.47 bits per heavy atom. The fourth-order valence-electron chi connectivity index (χ4n) is 2.61. The number of carbonyl (C=O) groups excluding carboxylic acids is 1. The van der Waals surface area contributed by atoms with E-state index in [0.717, 1.165) is 39.1 Å². The van der Waals surface area contributed by atoms with E-state index in [1.807, 2.05) is 0 Å². The van der Waals surface area contributed by atoms with Crippen LogP contribution in [-0.4, -0.2) is 55.5 Å². The van der Waals surface area contributed by atoms with E-state index in [1.165, 1.54) is 6.42 Å². The lowest BCUT2D eigenvalue weighted by molar-refractivity contribution is -0.125. The Hall–Kier alpha value is -0.450. The van der Waals surface area contributed by atoms with Gasteiger partial charge in [0.1, 0.15) is 0 Å². The average Bonchev–Trinajstić information content (AvgIpc) is 2.77. The number of hydrogen-bond acceptors (Lipinski definition) is 4. The number of likely N-dealkylation sites (tertiary alicyclic amines) is 1. The second-order valence-electron chi connectivity index (χ2n) is 4.40. The number of hydrogen-bond donors (Lipinski definition) is 2. The Bertz CT molecular complexity index is 226. The van der Waals surface area contributed by atoms with E-state index in [2.05, 4.69) is 22.5 Å². The molecule has 1 unspecified atom stereocenters. The monoisotopic (exact) mass is 211 g/mol. The Morgan fingerprint density at radius 2 is 2.33 bits per heavy atom. The van der Waals surface area contributed by atoms with E-state index >= 15 is 0 Å². The van der Waals surface area contributed by atoms with Crippen molar-refractivity contribution in [3.8, 4) is 0 Å². The Kier molecular flexibility index (Phi) is 3.72. The van der Waals surface area contributed by atoms with Crippen molar-refractivity contribution >= 4 is 5.78 Å². The van der Waals surface area contributed by atoms with Gasteiger partial charge in [0.15, 0.2) is 5.78 Å². The summed E-state index contributed by atoms with van der Waals surface area (Å²) < 4.78 is 0. The molecule has 2 atom stereocenters. The summed E-state index contributed by atoms with van der Waals surface area (Å²) in [5, 5.41) is 6.57. The minimum absolute atomic E-state index is 0.0379. The molecule has 0 bridgehead atoms. The molecule has 0 saturated carbocycles. The molecule has 0 aliphatic carbocycles. The molecule has 2 aliphatic rings. The van der Waals surface area contributed by atoms with Crippen molar-refractivity contribution < 1.29 is 4.79 Å². The van der Waals surface area contributed by atoms with Crippen molar-refractivity contribution in [1.82, 2.24) is 15.5 Å². The molecule has 4 nitrogen and oxygen atoms in total. The van der Waals surface area contributed by atoms with Gasteiger partial charge in [-0.05, 0) is 25.9 Å². The molecule has 0 aromatic heterocycles. The molecule has 0 aromatic carbocycles. The Balaban J connectivity index is 1.93. The SMILES string of the molecule is CCN1CCC[C@H]1C(=O)C1CNCCN1. The van der Waals surface area contributed by atoms with E-state index in [0.29, 0.717) is 5.78 Å². The first-order valence-electron chi connectivity index (χ1n) is 6.05. The smallest absolute Gasteiger partial charge is 0.168 e. The molecular weight excluding hydrogens is 190 g/mol. The molecule has 4 heteroatoms. The van der Waals surface area contributed by atoms with Gasteiger partial charge < -0.3 is 10.6 Å². The van der Waals surface area contributed by atoms with Crippen LogP contribution in [0.4, 0.5) is 0 Å². The fraction of sp³-hybridized carbons (Fsp3) is 0.909. The quantitative estimate of drug-likeness (QED) is 0.667. The fourth-order valence-corrected chi connectivity index (χ4v) is 2.61. The summed E-state index contributed by atoms with van der Waals surface area (Å²) in [7, 11) is 0. The molecular formula is C11H21N3O. The van der Waals surface area contributed by atoms with Gasteiger partial charge in [0.05, 0.1) is 12.1 Å². The normalized spacial score (nSPS) is 33.1. The Morgan fingerprint density at radius 3 is 3.00 bits per heavy atom. The van der Waals surface area contributed by atoms with E-state index in [9.17, 15) is 4.79 Å². The molecule has 86 valence electrons. The van der Waals surface area contributed by atoms with Gasteiger partial charge in [0.25, 0.3) is 0 Å². The number of likely N-dealkylation sites (N-methyl/N-ethyl adjacent to an activating group) is 1. The van der Waals surface area contributed by atoms with Gasteiger partial charge in [-0.15, -0.1) is 0 Å². The van der Waals surface area contributed by atoms with Crippen LogP contribution in [0, 0.1) is 0 Å². The summed E-state index contributed by atoms with van der Waals surface area (Å²) in [5.41, 5.74) is 0. The average molecular weight is 211 g/mol. The highest BCUT2D eigenvalue weighted by Crippen LogP contribution is 2.18. The maximum Gasteiger partial charge on any atom is 0.168 e. The van der Waals surface area contributed by atoms with Crippen molar-refractivity contribution in [3.05, 3.63) is 0 Å². The molecule has 0 radical (unpaired) electrons. The highest BCUT2D eigenvalue weighted by molar-refractivity contribution is 5.89. The number of nitrogens with one attached hydrogen (secondary N) is 2. The zero-order chi connectivity index (χ0) is 10.7. The molecule has 0 amide bonds. The van der Waals surface area contributed by atoms with Gasteiger partial charge >= 0.3 is 0 Å². The molecule has 2 fully saturated rings. The van der Waals surface area contributed by atoms with E-state index < -0.39 is 0 Å². The van der Waals surface area contributed by atoms with Crippen LogP contribution in [0.1, 0.15) is 19.8 Å². The molecule has 2 aliphatic heterocycles. The van der Waals surface area contributed by atoms with Crippen LogP contribution in [-0.2, 0) is 4.79 Å². The lowest BCUT2D eigenvalue weighted by Gasteiger charge is -2.29. The van der Waals surface area contributed by atoms with Crippen molar-refractivity contribution in [2.75, 3.05) is 32.7 Å². The third-order valence-electron chi connectivity index (χ3n) is 3.48. The van der Waals surface area contributed by atoms with Crippen molar-refractivity contribution in [3.63, 3.8) is 0 Å². The number of Topliss-reactive ketones (excluding diaryl/α,β-unsaturated/α-hetero) is 1. The maximum absolute atomic E-state index is 12.2. The first kappa shape index (κ1) is 11.0. The summed E-state index contributed by atoms with van der Waals surface area (Å²) in [6.45, 7) is 6.91. The number of nitrogens with zero attached hydrogens (tertiary/aromatic N) is 1. The van der Waals surface area contributed by atoms with Crippen LogP contribution in [0.3, 0.4) is 0 Å². The molecule has 2 heterocycles. The minimum Gasteiger partial charge on any atom is -0.313 e. The number of rotatable bonds is 3. The highest BCUT2D eigenvalue weighted by atomic mass is 16.1. The molecule has 15 heavy (non-hydrogen) atoms. The summed E-state index contributed by atoms with van der Waals surface area (Å²) in [5.74, 6) is 0.390. The summed E-state index contributed by atoms with van der Waals surface area (Å²) in [4.78, 5) is 14.5. The third-order valence-corrected chi connectivity index (χ3v) is 3.48. The van der Waals surface area contributed by atoms with Crippen molar-refractivity contribution in [2.45, 2.75) is 31.8 Å². The molecule has 0 spiro atoms. The predicted octanol–water partition coefficient (Wildman–Crippen LogP) is -0.399. The maximum atomic E-state index is 12.2. The number of ketones is 1. The predicted molar refractivity (Wildman–Crippen MR) is 59.9 cm³/mol. The number of piperazine rings is 1. The molecule has 2 rings (SSSR count). The van der Waals surface area contributed by atoms with Gasteiger partial charge in [0, 0.05) is 19.6 Å². The second-order valence-corrected chi connectivity index (χ2v) is 4.40. The topological polar surface area (TPSA) is 44.4 Å². The van der Waals surface area contributed by atoms with Crippen LogP contribution in [0.5, 0.6) is 0 Å². The minimum atomic E-state index is 0.0379. The van der Waals surface area contributed by atoms with Gasteiger partial charge in [-0.25, -0.2) is 0 Å². The Labute approximate surface area is 91.4 Å². The van der Waals surface area contributed by atoms with Crippen molar-refractivity contribution in [1.29, 1.82) is 0 Å². The number of carbonyl (C=O) groups is 1. The van der Waals surface area contributed by atoms with E-state index in [-0.39, 0.29) is 12.1 Å². The van der Waals surface area contributed by atoms with Gasteiger partial charge in [-0.3, -0.25) is 9.69 Å². The molecule has 0 aromatic rings. The van der Waals surface area contributed by atoms with Crippen LogP contribution < -0.4 is 10.6 Å². The summed E-state index contributed by atoms with van der Waals surface area (Å²) in [6, 6.07) is 0.211. The van der Waals surface area contributed by atoms with Crippen LogP contribution >= 0.6 is 0 Å². The van der Waals surface area contributed by atoms with Crippen molar-refractivity contribution in [2.24, 2.45) is 0 Å².